The lowest BCUT2D eigenvalue weighted by molar-refractivity contribution is 0.224. The van der Waals surface area contributed by atoms with Gasteiger partial charge in [0, 0.05) is 50.5 Å². The highest BCUT2D eigenvalue weighted by Crippen LogP contribution is 2.47. The molecule has 2 aliphatic heterocycles. The summed E-state index contributed by atoms with van der Waals surface area (Å²) in [6.07, 6.45) is 5.75. The number of benzene rings is 1. The molecule has 29 heavy (non-hydrogen) atoms. The predicted octanol–water partition coefficient (Wildman–Crippen LogP) is 3.19. The molecule has 2 aliphatic rings. The Hall–Kier alpha value is -1.76. The van der Waals surface area contributed by atoms with E-state index in [9.17, 15) is 8.42 Å². The van der Waals surface area contributed by atoms with Crippen molar-refractivity contribution in [2.75, 3.05) is 26.2 Å². The van der Waals surface area contributed by atoms with Crippen LogP contribution in [-0.2, 0) is 23.0 Å². The van der Waals surface area contributed by atoms with Gasteiger partial charge in [0.1, 0.15) is 0 Å². The molecule has 5 nitrogen and oxygen atoms in total. The van der Waals surface area contributed by atoms with Crippen molar-refractivity contribution in [1.29, 1.82) is 0 Å². The van der Waals surface area contributed by atoms with Crippen molar-refractivity contribution in [3.63, 3.8) is 0 Å². The molecule has 2 atom stereocenters. The fourth-order valence-electron chi connectivity index (χ4n) is 5.00. The lowest BCUT2D eigenvalue weighted by atomic mass is 9.76. The predicted molar refractivity (Wildman–Crippen MR) is 116 cm³/mol. The second-order valence-electron chi connectivity index (χ2n) is 8.96. The maximum atomic E-state index is 12.9. The molecule has 2 saturated heterocycles. The molecule has 0 spiro atoms. The molecule has 6 heteroatoms. The number of pyridine rings is 1. The summed E-state index contributed by atoms with van der Waals surface area (Å²) in [6, 6.07) is 14.6. The van der Waals surface area contributed by atoms with Crippen LogP contribution in [0.4, 0.5) is 0 Å². The number of nitrogens with zero attached hydrogens (tertiary/aromatic N) is 3. The molecule has 1 aromatic carbocycles. The molecular formula is C23H31N3O2S. The van der Waals surface area contributed by atoms with Gasteiger partial charge in [0.05, 0.1) is 5.25 Å². The Morgan fingerprint density at radius 3 is 2.52 bits per heavy atom. The third-order valence-electron chi connectivity index (χ3n) is 6.64. The average Bonchev–Trinajstić information content (AvgIpc) is 3.22. The summed E-state index contributed by atoms with van der Waals surface area (Å²) in [5.74, 6) is 0.386. The van der Waals surface area contributed by atoms with Gasteiger partial charge in [0.25, 0.3) is 0 Å². The molecule has 0 N–H and O–H groups in total. The van der Waals surface area contributed by atoms with Crippen molar-refractivity contribution in [2.45, 2.75) is 38.5 Å². The van der Waals surface area contributed by atoms with Gasteiger partial charge in [-0.25, -0.2) is 12.7 Å². The van der Waals surface area contributed by atoms with Crippen LogP contribution in [-0.4, -0.2) is 54.0 Å². The van der Waals surface area contributed by atoms with E-state index in [0.717, 1.165) is 32.5 Å². The van der Waals surface area contributed by atoms with E-state index in [1.54, 1.807) is 24.3 Å². The highest BCUT2D eigenvalue weighted by Gasteiger charge is 2.54. The molecule has 0 saturated carbocycles. The summed E-state index contributed by atoms with van der Waals surface area (Å²) in [6.45, 7) is 7.66. The SMILES string of the molecule is CC(C)S(=O)(=O)N1CC2CN(Cc3cccnc3)CC2(CCc2ccccc2)C1. The lowest BCUT2D eigenvalue weighted by Gasteiger charge is -2.30. The molecule has 2 unspecified atom stereocenters. The lowest BCUT2D eigenvalue weighted by Crippen LogP contribution is -2.39. The number of rotatable bonds is 7. The molecule has 2 fully saturated rings. The van der Waals surface area contributed by atoms with Crippen molar-refractivity contribution in [2.24, 2.45) is 11.3 Å². The van der Waals surface area contributed by atoms with E-state index in [0.29, 0.717) is 19.0 Å². The molecule has 1 aromatic heterocycles. The van der Waals surface area contributed by atoms with E-state index in [4.69, 9.17) is 0 Å². The Morgan fingerprint density at radius 2 is 1.83 bits per heavy atom. The minimum Gasteiger partial charge on any atom is -0.298 e. The van der Waals surface area contributed by atoms with E-state index in [-0.39, 0.29) is 10.7 Å². The summed E-state index contributed by atoms with van der Waals surface area (Å²) in [7, 11) is -3.21. The van der Waals surface area contributed by atoms with Crippen LogP contribution in [0.3, 0.4) is 0 Å². The molecule has 3 heterocycles. The van der Waals surface area contributed by atoms with Gasteiger partial charge in [-0.3, -0.25) is 9.88 Å². The number of hydrogen-bond acceptors (Lipinski definition) is 4. The largest absolute Gasteiger partial charge is 0.298 e. The zero-order valence-corrected chi connectivity index (χ0v) is 18.2. The molecule has 0 aliphatic carbocycles. The van der Waals surface area contributed by atoms with Gasteiger partial charge in [-0.2, -0.15) is 0 Å². The fourth-order valence-corrected chi connectivity index (χ4v) is 6.42. The maximum absolute atomic E-state index is 12.9. The summed E-state index contributed by atoms with van der Waals surface area (Å²) in [4.78, 5) is 6.73. The smallest absolute Gasteiger partial charge is 0.216 e. The third-order valence-corrected chi connectivity index (χ3v) is 8.83. The molecule has 2 aromatic rings. The Kier molecular flexibility index (Phi) is 5.78. The highest BCUT2D eigenvalue weighted by molar-refractivity contribution is 7.89. The average molecular weight is 414 g/mol. The number of aromatic nitrogens is 1. The van der Waals surface area contributed by atoms with Crippen molar-refractivity contribution in [3.8, 4) is 0 Å². The molecule has 0 amide bonds. The van der Waals surface area contributed by atoms with E-state index < -0.39 is 10.0 Å². The van der Waals surface area contributed by atoms with Crippen molar-refractivity contribution < 1.29 is 8.42 Å². The number of sulfonamides is 1. The van der Waals surface area contributed by atoms with Crippen molar-refractivity contribution >= 4 is 10.0 Å². The van der Waals surface area contributed by atoms with Gasteiger partial charge in [0.2, 0.25) is 10.0 Å². The highest BCUT2D eigenvalue weighted by atomic mass is 32.2. The van der Waals surface area contributed by atoms with Crippen LogP contribution in [0.15, 0.2) is 54.9 Å². The minimum atomic E-state index is -3.21. The molecule has 0 bridgehead atoms. The summed E-state index contributed by atoms with van der Waals surface area (Å²) >= 11 is 0. The number of likely N-dealkylation sites (tertiary alicyclic amines) is 1. The quantitative estimate of drug-likeness (QED) is 0.700. The Bertz CT molecular complexity index is 918. The van der Waals surface area contributed by atoms with Gasteiger partial charge in [-0.05, 0) is 49.8 Å². The van der Waals surface area contributed by atoms with Crippen LogP contribution in [0.5, 0.6) is 0 Å². The van der Waals surface area contributed by atoms with Crippen molar-refractivity contribution in [3.05, 3.63) is 66.0 Å². The van der Waals surface area contributed by atoms with Crippen LogP contribution in [0, 0.1) is 11.3 Å². The van der Waals surface area contributed by atoms with Crippen LogP contribution < -0.4 is 0 Å². The van der Waals surface area contributed by atoms with Gasteiger partial charge in [-0.1, -0.05) is 36.4 Å². The standard InChI is InChI=1S/C23H31N3O2S/c1-19(2)29(27,28)26-16-22-15-25(14-21-9-6-12-24-13-21)17-23(22,18-26)11-10-20-7-4-3-5-8-20/h3-9,12-13,19,22H,10-11,14-18H2,1-2H3. The van der Waals surface area contributed by atoms with E-state index in [1.165, 1.54) is 11.1 Å². The molecule has 0 radical (unpaired) electrons. The fraction of sp³-hybridized carbons (Fsp3) is 0.522. The first-order chi connectivity index (χ1) is 13.9. The van der Waals surface area contributed by atoms with E-state index in [1.807, 2.05) is 18.3 Å². The molecular weight excluding hydrogens is 382 g/mol. The minimum absolute atomic E-state index is 0.0278. The van der Waals surface area contributed by atoms with Gasteiger partial charge in [-0.15, -0.1) is 0 Å². The first-order valence-corrected chi connectivity index (χ1v) is 12.0. The normalized spacial score (nSPS) is 25.6. The van der Waals surface area contributed by atoms with Crippen LogP contribution in [0.25, 0.3) is 0 Å². The first-order valence-electron chi connectivity index (χ1n) is 10.5. The van der Waals surface area contributed by atoms with Crippen molar-refractivity contribution in [1.82, 2.24) is 14.2 Å². The monoisotopic (exact) mass is 413 g/mol. The first kappa shape index (κ1) is 20.5. The second kappa shape index (κ2) is 8.17. The van der Waals surface area contributed by atoms with Crippen LogP contribution >= 0.6 is 0 Å². The zero-order chi connectivity index (χ0) is 20.5. The number of hydrogen-bond donors (Lipinski definition) is 0. The number of aryl methyl sites for hydroxylation is 1. The maximum Gasteiger partial charge on any atom is 0.216 e. The topological polar surface area (TPSA) is 53.5 Å². The molecule has 4 rings (SSSR count). The zero-order valence-electron chi connectivity index (χ0n) is 17.4. The Labute approximate surface area is 174 Å². The van der Waals surface area contributed by atoms with E-state index in [2.05, 4.69) is 40.2 Å². The second-order valence-corrected chi connectivity index (χ2v) is 11.5. The van der Waals surface area contributed by atoms with Gasteiger partial charge in [0.15, 0.2) is 0 Å². The summed E-state index contributed by atoms with van der Waals surface area (Å²) in [5, 5.41) is -0.362. The summed E-state index contributed by atoms with van der Waals surface area (Å²) in [5.41, 5.74) is 2.58. The number of fused-ring (bicyclic) bond motifs is 1. The summed E-state index contributed by atoms with van der Waals surface area (Å²) < 4.78 is 27.5. The van der Waals surface area contributed by atoms with Gasteiger partial charge < -0.3 is 0 Å². The van der Waals surface area contributed by atoms with Crippen LogP contribution in [0.1, 0.15) is 31.4 Å². The Balaban J connectivity index is 1.53. The van der Waals surface area contributed by atoms with Gasteiger partial charge >= 0.3 is 0 Å². The molecule has 156 valence electrons. The third kappa shape index (κ3) is 4.25. The van der Waals surface area contributed by atoms with E-state index >= 15 is 0 Å². The Morgan fingerprint density at radius 1 is 1.07 bits per heavy atom. The van der Waals surface area contributed by atoms with Crippen LogP contribution in [0.2, 0.25) is 0 Å².